The van der Waals surface area contributed by atoms with Crippen molar-refractivity contribution in [3.8, 4) is 0 Å². The molecule has 0 aromatic rings. The number of rotatable bonds is 10. The molecule has 8 heteroatoms. The number of likely N-dealkylation sites (N-methyl/N-ethyl adjacent to an activating group) is 1. The second-order valence-electron chi connectivity index (χ2n) is 3.68. The third-order valence-electron chi connectivity index (χ3n) is 2.35. The Kier molecular flexibility index (Phi) is 7.33. The van der Waals surface area contributed by atoms with Crippen LogP contribution in [0.3, 0.4) is 0 Å². The van der Waals surface area contributed by atoms with E-state index < -0.39 is 29.7 Å². The van der Waals surface area contributed by atoms with Crippen molar-refractivity contribution in [3.63, 3.8) is 0 Å². The first-order valence-corrected chi connectivity index (χ1v) is 6.32. The van der Waals surface area contributed by atoms with Crippen LogP contribution in [-0.2, 0) is 11.8 Å². The fourth-order valence-electron chi connectivity index (χ4n) is 1.49. The first-order valence-electron chi connectivity index (χ1n) is 6.57. The van der Waals surface area contributed by atoms with Crippen LogP contribution in [0.1, 0.15) is 26.7 Å². The van der Waals surface area contributed by atoms with Crippen LogP contribution in [0.15, 0.2) is 0 Å². The maximum atomic E-state index is 11.2. The minimum Gasteiger partial charge on any atom is -0.390 e. The highest BCUT2D eigenvalue weighted by Gasteiger charge is 2.21. The molecule has 3 unspecified atom stereocenters. The molecule has 1 amide bonds. The Balaban J connectivity index is 4.47. The number of carbonyl (C=O) groups is 1. The Morgan fingerprint density at radius 1 is 1.71 bits per heavy atom. The summed E-state index contributed by atoms with van der Waals surface area (Å²) in [4.78, 5) is 13.5. The SMILES string of the molecule is [3H][B]C(=O)NC(CCC)C(O)CN(CC)NS([3H])=O. The molecule has 0 heterocycles. The van der Waals surface area contributed by atoms with Gasteiger partial charge in [0.1, 0.15) is 0 Å². The third-order valence-corrected chi connectivity index (χ3v) is 2.68. The molecule has 3 N–H and O–H groups in total. The van der Waals surface area contributed by atoms with Gasteiger partial charge in [0, 0.05) is 13.1 Å². The number of hydrogen-bond acceptors (Lipinski definition) is 4. The molecule has 6 nitrogen and oxygen atoms in total. The average molecular weight is 266 g/mol. The van der Waals surface area contributed by atoms with Crippen LogP contribution < -0.4 is 10.1 Å². The summed E-state index contributed by atoms with van der Waals surface area (Å²) in [6, 6.07) is -0.478. The Hall–Kier alpha value is -0.435. The second-order valence-corrected chi connectivity index (χ2v) is 4.03. The number of hydrazine groups is 1. The zero-order valence-electron chi connectivity index (χ0n) is 12.2. The lowest BCUT2D eigenvalue weighted by molar-refractivity contribution is 0.0745. The zero-order valence-corrected chi connectivity index (χ0v) is 11.0. The molecule has 0 aromatic heterocycles. The summed E-state index contributed by atoms with van der Waals surface area (Å²) in [6.07, 6.45) is 0.464. The summed E-state index contributed by atoms with van der Waals surface area (Å²) < 4.78 is 24.5. The van der Waals surface area contributed by atoms with Gasteiger partial charge >= 0.3 is 0 Å². The number of aliphatic hydroxyl groups excluding tert-OH is 1. The molecule has 1 radical (unpaired) electrons. The fraction of sp³-hybridized carbons (Fsp3) is 0.889. The Labute approximate surface area is 110 Å². The van der Waals surface area contributed by atoms with E-state index in [9.17, 15) is 14.1 Å². The summed E-state index contributed by atoms with van der Waals surface area (Å²) in [5.41, 5.74) is 0. The normalized spacial score (nSPS) is 17.9. The summed E-state index contributed by atoms with van der Waals surface area (Å²) >= 11 is -1.95. The van der Waals surface area contributed by atoms with E-state index in [1.165, 1.54) is 5.01 Å². The van der Waals surface area contributed by atoms with Crippen molar-refractivity contribution in [2.45, 2.75) is 38.8 Å². The first kappa shape index (κ1) is 13.0. The van der Waals surface area contributed by atoms with Gasteiger partial charge in [-0.25, -0.2) is 9.22 Å². The van der Waals surface area contributed by atoms with Crippen LogP contribution in [0.4, 0.5) is 4.79 Å². The summed E-state index contributed by atoms with van der Waals surface area (Å²) in [6.45, 7) is 4.30. The molecule has 0 spiro atoms. The Bertz CT molecular complexity index is 302. The molecule has 99 valence electrons. The standard InChI is InChI=1S/C9H21BN3O3S/c1-3-5-7(11-9(10)15)8(14)6-13(4-2)12-17-16/h7-8,10,14,17H,3-6H2,1-2H3,(H,11,15)(H,12,16)/i10T,17T. The summed E-state index contributed by atoms with van der Waals surface area (Å²) in [7, 11) is 0.657. The van der Waals surface area contributed by atoms with Gasteiger partial charge in [0.25, 0.3) is 0 Å². The van der Waals surface area contributed by atoms with Gasteiger partial charge in [0.15, 0.2) is 6.93 Å². The number of hydrogen-bond donors (Lipinski definition) is 4. The number of thiol groups is 1. The molecule has 0 saturated carbocycles. The van der Waals surface area contributed by atoms with E-state index in [2.05, 4.69) is 10.1 Å². The highest BCUT2D eigenvalue weighted by Crippen LogP contribution is 2.04. The van der Waals surface area contributed by atoms with Gasteiger partial charge in [-0.3, -0.25) is 4.79 Å². The third kappa shape index (κ3) is 7.48. The minimum atomic E-state index is -1.95. The van der Waals surface area contributed by atoms with Crippen molar-refractivity contribution in [1.29, 1.82) is 2.46 Å². The molecule has 17 heavy (non-hydrogen) atoms. The van der Waals surface area contributed by atoms with E-state index in [4.69, 9.17) is 2.46 Å². The van der Waals surface area contributed by atoms with Crippen molar-refractivity contribution >= 4 is 25.4 Å². The van der Waals surface area contributed by atoms with Gasteiger partial charge in [-0.2, -0.15) is 4.83 Å². The first-order chi connectivity index (χ1) is 8.94. The van der Waals surface area contributed by atoms with Crippen molar-refractivity contribution in [3.05, 3.63) is 0 Å². The number of nitrogens with zero attached hydrogens (tertiary/aromatic N) is 1. The minimum absolute atomic E-state index is 0.129. The van der Waals surface area contributed by atoms with E-state index in [0.717, 1.165) is 6.42 Å². The molecule has 3 atom stereocenters. The molecule has 0 saturated heterocycles. The average Bonchev–Trinajstić information content (AvgIpc) is 2.36. The molecule has 0 bridgehead atoms. The van der Waals surface area contributed by atoms with Gasteiger partial charge in [-0.1, -0.05) is 20.3 Å². The van der Waals surface area contributed by atoms with Crippen LogP contribution in [0.2, 0.25) is 0 Å². The molecule has 0 fully saturated rings. The van der Waals surface area contributed by atoms with E-state index >= 15 is 0 Å². The molecule has 0 aromatic carbocycles. The van der Waals surface area contributed by atoms with Crippen LogP contribution >= 0.6 is 0 Å². The molecule has 0 rings (SSSR count). The van der Waals surface area contributed by atoms with E-state index in [1.54, 1.807) is 6.92 Å². The predicted molar refractivity (Wildman–Crippen MR) is 70.3 cm³/mol. The lowest BCUT2D eigenvalue weighted by atomic mass is 10.0. The van der Waals surface area contributed by atoms with Crippen molar-refractivity contribution in [1.82, 2.24) is 15.2 Å². The predicted octanol–water partition coefficient (Wildman–Crippen LogP) is -1.19. The molecular weight excluding hydrogens is 241 g/mol. The fourth-order valence-corrected chi connectivity index (χ4v) is 1.80. The van der Waals surface area contributed by atoms with Crippen LogP contribution in [0.5, 0.6) is 0 Å². The van der Waals surface area contributed by atoms with Crippen LogP contribution in [0.25, 0.3) is 0 Å². The summed E-state index contributed by atoms with van der Waals surface area (Å²) in [5, 5.41) is 14.1. The van der Waals surface area contributed by atoms with Crippen molar-refractivity contribution in [2.75, 3.05) is 13.1 Å². The van der Waals surface area contributed by atoms with Gasteiger partial charge in [0.05, 0.1) is 23.9 Å². The molecule has 0 aliphatic carbocycles. The largest absolute Gasteiger partial charge is 0.390 e. The Morgan fingerprint density at radius 2 is 2.41 bits per heavy atom. The van der Waals surface area contributed by atoms with Gasteiger partial charge in [-0.05, 0) is 7.76 Å². The number of amides is 1. The number of nitrogens with one attached hydrogen (secondary N) is 2. The highest BCUT2D eigenvalue weighted by molar-refractivity contribution is 7.63. The van der Waals surface area contributed by atoms with E-state index in [0.29, 0.717) is 20.8 Å². The second kappa shape index (κ2) is 9.58. The van der Waals surface area contributed by atoms with Crippen molar-refractivity contribution < 1.29 is 14.1 Å². The molecule has 0 aliphatic rings. The quantitative estimate of drug-likeness (QED) is 0.228. The van der Waals surface area contributed by atoms with Crippen LogP contribution in [0, 0.1) is 0 Å². The lowest BCUT2D eigenvalue weighted by Crippen LogP contribution is -2.50. The monoisotopic (exact) mass is 266 g/mol. The molecule has 0 aliphatic heterocycles. The maximum Gasteiger partial charge on any atom is 0.210 e. The maximum absolute atomic E-state index is 11.2. The Morgan fingerprint density at radius 3 is 2.88 bits per heavy atom. The number of carbonyl (C=O) groups excluding carboxylic acids is 1. The van der Waals surface area contributed by atoms with Gasteiger partial charge in [0.2, 0.25) is 7.81 Å². The topological polar surface area (TPSA) is 81.7 Å². The van der Waals surface area contributed by atoms with Crippen LogP contribution in [-0.4, -0.2) is 55.6 Å². The van der Waals surface area contributed by atoms with E-state index in [1.807, 2.05) is 6.92 Å². The van der Waals surface area contributed by atoms with Gasteiger partial charge < -0.3 is 10.4 Å². The van der Waals surface area contributed by atoms with E-state index in [-0.39, 0.29) is 6.54 Å². The molecular formula is C9H21BN3O3S. The van der Waals surface area contributed by atoms with Crippen molar-refractivity contribution in [2.24, 2.45) is 0 Å². The van der Waals surface area contributed by atoms with Gasteiger partial charge in [-0.15, -0.1) is 0 Å². The zero-order chi connectivity index (χ0) is 14.8. The highest BCUT2D eigenvalue weighted by atomic mass is 32.2. The summed E-state index contributed by atoms with van der Waals surface area (Å²) in [5.74, 6) is -0.558. The number of aliphatic hydroxyl groups is 1. The lowest BCUT2D eigenvalue weighted by Gasteiger charge is -2.28. The smallest absolute Gasteiger partial charge is 0.210 e.